The van der Waals surface area contributed by atoms with Crippen LogP contribution in [0.25, 0.3) is 10.6 Å². The average molecular weight is 342 g/mol. The Bertz CT molecular complexity index is 769. The Balaban J connectivity index is 1.64. The molecule has 3 aromatic rings. The van der Waals surface area contributed by atoms with E-state index in [9.17, 15) is 9.90 Å². The van der Waals surface area contributed by atoms with Gasteiger partial charge in [0.1, 0.15) is 17.0 Å². The molecule has 2 aromatic heterocycles. The summed E-state index contributed by atoms with van der Waals surface area (Å²) < 4.78 is 5.04. The molecule has 0 bridgehead atoms. The summed E-state index contributed by atoms with van der Waals surface area (Å²) in [5, 5.41) is 14.7. The fourth-order valence-electron chi connectivity index (χ4n) is 2.47. The first-order valence-electron chi connectivity index (χ1n) is 7.70. The Kier molecular flexibility index (Phi) is 5.40. The molecule has 1 aromatic carbocycles. The minimum atomic E-state index is -0.208. The maximum atomic E-state index is 12.3. The van der Waals surface area contributed by atoms with Crippen LogP contribution in [0.2, 0.25) is 0 Å². The minimum absolute atomic E-state index is 0.0760. The first kappa shape index (κ1) is 16.4. The maximum absolute atomic E-state index is 12.3. The fraction of sp³-hybridized carbons (Fsp3) is 0.222. The molecule has 2 N–H and O–H groups in total. The van der Waals surface area contributed by atoms with E-state index in [0.717, 1.165) is 16.1 Å². The Hall–Kier alpha value is -2.44. The van der Waals surface area contributed by atoms with E-state index < -0.39 is 0 Å². The van der Waals surface area contributed by atoms with Gasteiger partial charge in [-0.25, -0.2) is 4.98 Å². The van der Waals surface area contributed by atoms with Gasteiger partial charge in [0.2, 0.25) is 0 Å². The number of aromatic nitrogens is 1. The second-order valence-electron chi connectivity index (χ2n) is 5.38. The van der Waals surface area contributed by atoms with E-state index >= 15 is 0 Å². The number of hydrogen-bond acceptors (Lipinski definition) is 5. The van der Waals surface area contributed by atoms with Crippen LogP contribution in [-0.4, -0.2) is 29.1 Å². The van der Waals surface area contributed by atoms with Gasteiger partial charge in [-0.15, -0.1) is 11.3 Å². The average Bonchev–Trinajstić information content (AvgIpc) is 3.30. The third-order valence-electron chi connectivity index (χ3n) is 3.76. The topological polar surface area (TPSA) is 75.4 Å². The zero-order valence-corrected chi connectivity index (χ0v) is 13.8. The highest BCUT2D eigenvalue weighted by molar-refractivity contribution is 7.13. The van der Waals surface area contributed by atoms with Crippen LogP contribution in [0.5, 0.6) is 0 Å². The van der Waals surface area contributed by atoms with E-state index in [0.29, 0.717) is 18.7 Å². The van der Waals surface area contributed by atoms with E-state index in [1.807, 2.05) is 36.4 Å². The van der Waals surface area contributed by atoms with Crippen LogP contribution in [0.3, 0.4) is 0 Å². The standard InChI is InChI=1S/C18H18N2O3S/c21-8-6-14(13-4-2-1-3-5-13)10-19-17(22)16-12-24-18(20-16)15-7-9-23-11-15/h1-5,7,9,11-12,14,21H,6,8,10H2,(H,19,22). The Morgan fingerprint density at radius 3 is 2.83 bits per heavy atom. The lowest BCUT2D eigenvalue weighted by molar-refractivity contribution is 0.0945. The number of rotatable bonds is 7. The molecule has 24 heavy (non-hydrogen) atoms. The zero-order chi connectivity index (χ0) is 16.8. The van der Waals surface area contributed by atoms with Crippen molar-refractivity contribution in [2.24, 2.45) is 0 Å². The number of benzene rings is 1. The number of hydrogen-bond donors (Lipinski definition) is 2. The van der Waals surface area contributed by atoms with Crippen LogP contribution in [-0.2, 0) is 0 Å². The molecular formula is C18H18N2O3S. The number of thiazole rings is 1. The van der Waals surface area contributed by atoms with E-state index in [1.165, 1.54) is 11.3 Å². The zero-order valence-electron chi connectivity index (χ0n) is 13.0. The lowest BCUT2D eigenvalue weighted by atomic mass is 9.96. The maximum Gasteiger partial charge on any atom is 0.270 e. The normalized spacial score (nSPS) is 12.0. The van der Waals surface area contributed by atoms with Crippen molar-refractivity contribution in [1.82, 2.24) is 10.3 Å². The molecule has 0 saturated carbocycles. The number of carbonyl (C=O) groups excluding carboxylic acids is 1. The molecule has 0 aliphatic heterocycles. The second-order valence-corrected chi connectivity index (χ2v) is 6.24. The van der Waals surface area contributed by atoms with E-state index in [1.54, 1.807) is 17.9 Å². The van der Waals surface area contributed by atoms with Crippen molar-refractivity contribution < 1.29 is 14.3 Å². The molecule has 0 radical (unpaired) electrons. The lowest BCUT2D eigenvalue weighted by Gasteiger charge is -2.16. The van der Waals surface area contributed by atoms with Gasteiger partial charge in [0, 0.05) is 30.0 Å². The minimum Gasteiger partial charge on any atom is -0.472 e. The van der Waals surface area contributed by atoms with Crippen molar-refractivity contribution in [1.29, 1.82) is 0 Å². The molecule has 124 valence electrons. The number of aliphatic hydroxyl groups excluding tert-OH is 1. The number of amides is 1. The second kappa shape index (κ2) is 7.90. The fourth-order valence-corrected chi connectivity index (χ4v) is 3.26. The highest BCUT2D eigenvalue weighted by Gasteiger charge is 2.16. The molecular weight excluding hydrogens is 324 g/mol. The van der Waals surface area contributed by atoms with Crippen LogP contribution >= 0.6 is 11.3 Å². The van der Waals surface area contributed by atoms with Gasteiger partial charge in [-0.1, -0.05) is 30.3 Å². The largest absolute Gasteiger partial charge is 0.472 e. The summed E-state index contributed by atoms with van der Waals surface area (Å²) in [6, 6.07) is 11.7. The quantitative estimate of drug-likeness (QED) is 0.691. The highest BCUT2D eigenvalue weighted by atomic mass is 32.1. The summed E-state index contributed by atoms with van der Waals surface area (Å²) in [6.45, 7) is 0.540. The van der Waals surface area contributed by atoms with Crippen molar-refractivity contribution in [2.75, 3.05) is 13.2 Å². The van der Waals surface area contributed by atoms with Gasteiger partial charge in [0.25, 0.3) is 5.91 Å². The molecule has 6 heteroatoms. The number of carbonyl (C=O) groups is 1. The third kappa shape index (κ3) is 3.90. The van der Waals surface area contributed by atoms with Gasteiger partial charge >= 0.3 is 0 Å². The van der Waals surface area contributed by atoms with Gasteiger partial charge in [0.15, 0.2) is 0 Å². The number of nitrogens with zero attached hydrogens (tertiary/aromatic N) is 1. The van der Waals surface area contributed by atoms with E-state index in [4.69, 9.17) is 4.42 Å². The molecule has 3 rings (SSSR count). The third-order valence-corrected chi connectivity index (χ3v) is 4.65. The van der Waals surface area contributed by atoms with Gasteiger partial charge in [-0.05, 0) is 18.1 Å². The van der Waals surface area contributed by atoms with Crippen molar-refractivity contribution in [3.63, 3.8) is 0 Å². The SMILES string of the molecule is O=C(NCC(CCO)c1ccccc1)c1csc(-c2ccoc2)n1. The summed E-state index contributed by atoms with van der Waals surface area (Å²) in [5.74, 6) is -0.132. The van der Waals surface area contributed by atoms with Crippen LogP contribution in [0.4, 0.5) is 0 Å². The van der Waals surface area contributed by atoms with Gasteiger partial charge in [-0.3, -0.25) is 4.79 Å². The van der Waals surface area contributed by atoms with E-state index in [2.05, 4.69) is 10.3 Å². The Morgan fingerprint density at radius 1 is 1.29 bits per heavy atom. The van der Waals surface area contributed by atoms with Gasteiger partial charge in [-0.2, -0.15) is 0 Å². The Morgan fingerprint density at radius 2 is 2.12 bits per heavy atom. The highest BCUT2D eigenvalue weighted by Crippen LogP contribution is 2.24. The summed E-state index contributed by atoms with van der Waals surface area (Å²) >= 11 is 1.40. The predicted octanol–water partition coefficient (Wildman–Crippen LogP) is 3.30. The van der Waals surface area contributed by atoms with Gasteiger partial charge in [0.05, 0.1) is 6.26 Å². The molecule has 5 nitrogen and oxygen atoms in total. The molecule has 0 spiro atoms. The summed E-state index contributed by atoms with van der Waals surface area (Å²) in [6.07, 6.45) is 3.78. The molecule has 2 heterocycles. The molecule has 1 amide bonds. The molecule has 0 saturated heterocycles. The van der Waals surface area contributed by atoms with E-state index in [-0.39, 0.29) is 18.4 Å². The molecule has 0 aliphatic carbocycles. The molecule has 1 unspecified atom stereocenters. The molecule has 0 fully saturated rings. The van der Waals surface area contributed by atoms with Crippen LogP contribution in [0, 0.1) is 0 Å². The summed E-state index contributed by atoms with van der Waals surface area (Å²) in [4.78, 5) is 16.7. The van der Waals surface area contributed by atoms with Crippen LogP contribution in [0.1, 0.15) is 28.4 Å². The predicted molar refractivity (Wildman–Crippen MR) is 93.0 cm³/mol. The Labute approximate surface area is 144 Å². The summed E-state index contributed by atoms with van der Waals surface area (Å²) in [7, 11) is 0. The number of nitrogens with one attached hydrogen (secondary N) is 1. The molecule has 0 aliphatic rings. The first-order chi connectivity index (χ1) is 11.8. The van der Waals surface area contributed by atoms with Crippen molar-refractivity contribution >= 4 is 17.2 Å². The number of aliphatic hydroxyl groups is 1. The monoisotopic (exact) mass is 342 g/mol. The van der Waals surface area contributed by atoms with Crippen molar-refractivity contribution in [3.05, 3.63) is 65.6 Å². The smallest absolute Gasteiger partial charge is 0.270 e. The molecule has 1 atom stereocenters. The van der Waals surface area contributed by atoms with Crippen molar-refractivity contribution in [2.45, 2.75) is 12.3 Å². The number of furan rings is 1. The summed E-state index contributed by atoms with van der Waals surface area (Å²) in [5.41, 5.74) is 2.36. The first-order valence-corrected chi connectivity index (χ1v) is 8.58. The van der Waals surface area contributed by atoms with Crippen molar-refractivity contribution in [3.8, 4) is 10.6 Å². The van der Waals surface area contributed by atoms with Crippen LogP contribution in [0.15, 0.2) is 58.7 Å². The van der Waals surface area contributed by atoms with Crippen LogP contribution < -0.4 is 5.32 Å². The lowest BCUT2D eigenvalue weighted by Crippen LogP contribution is -2.29. The van der Waals surface area contributed by atoms with Gasteiger partial charge < -0.3 is 14.8 Å².